The van der Waals surface area contributed by atoms with E-state index >= 15 is 0 Å². The average Bonchev–Trinajstić information content (AvgIpc) is 3.40. The molecular weight excluding hydrogens is 334 g/mol. The Hall–Kier alpha value is -2.36. The number of hydrogen-bond donors (Lipinski definition) is 0. The molecule has 26 heavy (non-hydrogen) atoms. The lowest BCUT2D eigenvalue weighted by molar-refractivity contribution is -0.133. The molecule has 10 nitrogen and oxygen atoms in total. The number of carbonyl (C=O) groups is 1. The number of amides is 1. The van der Waals surface area contributed by atoms with Crippen molar-refractivity contribution in [1.82, 2.24) is 44.8 Å². The van der Waals surface area contributed by atoms with E-state index in [1.165, 1.54) is 23.9 Å². The summed E-state index contributed by atoms with van der Waals surface area (Å²) in [6, 6.07) is 0. The topological polar surface area (TPSA) is 97.9 Å². The molecule has 140 valence electrons. The third kappa shape index (κ3) is 3.59. The average molecular weight is 359 g/mol. The molecular formula is C16H25N9O. The molecule has 0 saturated carbocycles. The third-order valence-corrected chi connectivity index (χ3v) is 5.39. The second-order valence-electron chi connectivity index (χ2n) is 7.20. The Bertz CT molecular complexity index is 735. The fourth-order valence-electron chi connectivity index (χ4n) is 3.91. The first-order chi connectivity index (χ1) is 12.7. The molecule has 2 aliphatic heterocycles. The van der Waals surface area contributed by atoms with Gasteiger partial charge in [0, 0.05) is 26.1 Å². The van der Waals surface area contributed by atoms with Crippen molar-refractivity contribution >= 4 is 5.91 Å². The highest BCUT2D eigenvalue weighted by Crippen LogP contribution is 2.26. The van der Waals surface area contributed by atoms with Crippen LogP contribution in [0.5, 0.6) is 0 Å². The number of hydrogen-bond acceptors (Lipinski definition) is 7. The van der Waals surface area contributed by atoms with Crippen LogP contribution in [0.3, 0.4) is 0 Å². The lowest BCUT2D eigenvalue weighted by Crippen LogP contribution is -2.41. The fourth-order valence-corrected chi connectivity index (χ4v) is 3.91. The molecule has 4 heterocycles. The van der Waals surface area contributed by atoms with Crippen molar-refractivity contribution in [2.45, 2.75) is 44.7 Å². The van der Waals surface area contributed by atoms with Gasteiger partial charge in [0.25, 0.3) is 0 Å². The Morgan fingerprint density at radius 3 is 2.81 bits per heavy atom. The van der Waals surface area contributed by atoms with Gasteiger partial charge in [0.2, 0.25) is 5.91 Å². The van der Waals surface area contributed by atoms with Gasteiger partial charge in [-0.2, -0.15) is 0 Å². The molecule has 1 amide bonds. The zero-order valence-corrected chi connectivity index (χ0v) is 15.2. The van der Waals surface area contributed by atoms with E-state index in [0.29, 0.717) is 6.54 Å². The van der Waals surface area contributed by atoms with E-state index < -0.39 is 0 Å². The fraction of sp³-hybridized carbons (Fsp3) is 0.750. The number of piperidine rings is 1. The number of aromatic nitrogens is 7. The summed E-state index contributed by atoms with van der Waals surface area (Å²) in [5.41, 5.74) is 0. The molecule has 0 unspecified atom stereocenters. The van der Waals surface area contributed by atoms with E-state index in [2.05, 4.69) is 35.2 Å². The van der Waals surface area contributed by atoms with Gasteiger partial charge in [-0.15, -0.1) is 15.3 Å². The molecule has 2 aromatic heterocycles. The zero-order valence-electron chi connectivity index (χ0n) is 15.2. The van der Waals surface area contributed by atoms with E-state index in [9.17, 15) is 4.79 Å². The zero-order chi connectivity index (χ0) is 17.9. The normalized spacial score (nSPS) is 21.4. The molecule has 2 saturated heterocycles. The SMILES string of the molecule is Cn1c(CN2CCCC2)nnc1[C@@H]1CCCN(C(=O)Cn2cnnn2)C1. The molecule has 4 rings (SSSR count). The van der Waals surface area contributed by atoms with Crippen molar-refractivity contribution in [1.29, 1.82) is 0 Å². The summed E-state index contributed by atoms with van der Waals surface area (Å²) in [6.45, 7) is 4.78. The molecule has 2 aliphatic rings. The smallest absolute Gasteiger partial charge is 0.244 e. The first-order valence-corrected chi connectivity index (χ1v) is 9.30. The van der Waals surface area contributed by atoms with Gasteiger partial charge in [-0.3, -0.25) is 9.69 Å². The summed E-state index contributed by atoms with van der Waals surface area (Å²) in [5.74, 6) is 2.27. The van der Waals surface area contributed by atoms with Gasteiger partial charge in [-0.25, -0.2) is 4.68 Å². The van der Waals surface area contributed by atoms with E-state index in [1.807, 2.05) is 11.9 Å². The molecule has 1 atom stereocenters. The minimum atomic E-state index is 0.0430. The van der Waals surface area contributed by atoms with Gasteiger partial charge in [0.05, 0.1) is 6.54 Å². The maximum Gasteiger partial charge on any atom is 0.244 e. The van der Waals surface area contributed by atoms with Crippen molar-refractivity contribution in [3.63, 3.8) is 0 Å². The minimum absolute atomic E-state index is 0.0430. The minimum Gasteiger partial charge on any atom is -0.340 e. The summed E-state index contributed by atoms with van der Waals surface area (Å²) in [4.78, 5) is 16.8. The second kappa shape index (κ2) is 7.48. The number of carbonyl (C=O) groups excluding carboxylic acids is 1. The number of nitrogens with zero attached hydrogens (tertiary/aromatic N) is 9. The number of likely N-dealkylation sites (tertiary alicyclic amines) is 2. The standard InChI is InChI=1S/C16H25N9O/c1-22-14(10-23-6-2-3-7-23)18-19-16(22)13-5-4-8-24(9-13)15(26)11-25-12-17-20-21-25/h12-13H,2-11H2,1H3/t13-/m1/s1. The molecule has 10 heteroatoms. The van der Waals surface area contributed by atoms with Crippen LogP contribution in [0.15, 0.2) is 6.33 Å². The van der Waals surface area contributed by atoms with Crippen LogP contribution in [0.25, 0.3) is 0 Å². The van der Waals surface area contributed by atoms with Gasteiger partial charge in [-0.1, -0.05) is 0 Å². The van der Waals surface area contributed by atoms with Crippen LogP contribution < -0.4 is 0 Å². The van der Waals surface area contributed by atoms with Crippen molar-refractivity contribution in [2.75, 3.05) is 26.2 Å². The van der Waals surface area contributed by atoms with E-state index in [-0.39, 0.29) is 18.4 Å². The summed E-state index contributed by atoms with van der Waals surface area (Å²) < 4.78 is 3.58. The Labute approximate surface area is 152 Å². The molecule has 2 aromatic rings. The first-order valence-electron chi connectivity index (χ1n) is 9.30. The van der Waals surface area contributed by atoms with Crippen LogP contribution in [0, 0.1) is 0 Å². The van der Waals surface area contributed by atoms with Crippen molar-refractivity contribution < 1.29 is 4.79 Å². The lowest BCUT2D eigenvalue weighted by atomic mass is 9.97. The maximum absolute atomic E-state index is 12.5. The molecule has 0 N–H and O–H groups in total. The number of tetrazole rings is 1. The molecule has 0 aliphatic carbocycles. The highest BCUT2D eigenvalue weighted by atomic mass is 16.2. The van der Waals surface area contributed by atoms with Crippen LogP contribution in [-0.4, -0.2) is 76.9 Å². The molecule has 0 bridgehead atoms. The molecule has 0 radical (unpaired) electrons. The van der Waals surface area contributed by atoms with Crippen LogP contribution in [0.1, 0.15) is 43.3 Å². The second-order valence-corrected chi connectivity index (χ2v) is 7.20. The molecule has 2 fully saturated rings. The van der Waals surface area contributed by atoms with Crippen molar-refractivity contribution in [2.24, 2.45) is 7.05 Å². The summed E-state index contributed by atoms with van der Waals surface area (Å²) in [5, 5.41) is 19.8. The maximum atomic E-state index is 12.5. The van der Waals surface area contributed by atoms with Crippen LogP contribution in [-0.2, 0) is 24.9 Å². The summed E-state index contributed by atoms with van der Waals surface area (Å²) in [6.07, 6.45) is 6.01. The quantitative estimate of drug-likeness (QED) is 0.729. The Morgan fingerprint density at radius 1 is 1.19 bits per heavy atom. The Balaban J connectivity index is 1.41. The van der Waals surface area contributed by atoms with Gasteiger partial charge in [0.15, 0.2) is 0 Å². The first kappa shape index (κ1) is 17.1. The summed E-state index contributed by atoms with van der Waals surface area (Å²) >= 11 is 0. The Kier molecular flexibility index (Phi) is 4.91. The van der Waals surface area contributed by atoms with E-state index in [1.54, 1.807) is 0 Å². The van der Waals surface area contributed by atoms with Crippen molar-refractivity contribution in [3.05, 3.63) is 18.0 Å². The predicted octanol–water partition coefficient (Wildman–Crippen LogP) is -0.196. The Morgan fingerprint density at radius 2 is 2.04 bits per heavy atom. The monoisotopic (exact) mass is 359 g/mol. The van der Waals surface area contributed by atoms with Gasteiger partial charge < -0.3 is 9.47 Å². The van der Waals surface area contributed by atoms with Gasteiger partial charge in [-0.05, 0) is 49.2 Å². The van der Waals surface area contributed by atoms with E-state index in [4.69, 9.17) is 0 Å². The molecule has 0 spiro atoms. The van der Waals surface area contributed by atoms with Gasteiger partial charge in [0.1, 0.15) is 24.5 Å². The van der Waals surface area contributed by atoms with Gasteiger partial charge >= 0.3 is 0 Å². The third-order valence-electron chi connectivity index (χ3n) is 5.39. The molecule has 0 aromatic carbocycles. The number of rotatable bonds is 5. The van der Waals surface area contributed by atoms with Crippen LogP contribution in [0.4, 0.5) is 0 Å². The predicted molar refractivity (Wildman–Crippen MR) is 91.9 cm³/mol. The highest BCUT2D eigenvalue weighted by molar-refractivity contribution is 5.76. The highest BCUT2D eigenvalue weighted by Gasteiger charge is 2.29. The van der Waals surface area contributed by atoms with Crippen LogP contribution in [0.2, 0.25) is 0 Å². The largest absolute Gasteiger partial charge is 0.340 e. The van der Waals surface area contributed by atoms with Crippen LogP contribution >= 0.6 is 0 Å². The summed E-state index contributed by atoms with van der Waals surface area (Å²) in [7, 11) is 2.04. The lowest BCUT2D eigenvalue weighted by Gasteiger charge is -2.32. The van der Waals surface area contributed by atoms with Crippen molar-refractivity contribution in [3.8, 4) is 0 Å². The van der Waals surface area contributed by atoms with E-state index in [0.717, 1.165) is 50.7 Å².